The third kappa shape index (κ3) is 2.78. The maximum Gasteiger partial charge on any atom is 0.259 e. The Hall–Kier alpha value is -2.98. The summed E-state index contributed by atoms with van der Waals surface area (Å²) < 4.78 is 1.64. The van der Waals surface area contributed by atoms with E-state index >= 15 is 0 Å². The number of rotatable bonds is 3. The molecule has 130 valence electrons. The summed E-state index contributed by atoms with van der Waals surface area (Å²) in [5.74, 6) is 0.410. The van der Waals surface area contributed by atoms with Crippen LogP contribution in [-0.2, 0) is 12.8 Å². The highest BCUT2D eigenvalue weighted by Gasteiger charge is 2.23. The van der Waals surface area contributed by atoms with Crippen LogP contribution < -0.4 is 5.32 Å². The number of pyridine rings is 1. The molecule has 6 nitrogen and oxygen atoms in total. The third-order valence-corrected chi connectivity index (χ3v) is 5.84. The number of nitrogens with zero attached hydrogens (tertiary/aromatic N) is 4. The molecule has 0 radical (unpaired) electrons. The lowest BCUT2D eigenvalue weighted by molar-refractivity contribution is 0.102. The van der Waals surface area contributed by atoms with E-state index in [1.165, 1.54) is 16.2 Å². The highest BCUT2D eigenvalue weighted by atomic mass is 32.1. The Bertz CT molecular complexity index is 1010. The number of thiophene rings is 1. The second kappa shape index (κ2) is 6.73. The van der Waals surface area contributed by atoms with E-state index < -0.39 is 0 Å². The number of amides is 1. The monoisotopic (exact) mass is 363 g/mol. The number of carbonyl (C=O) groups is 1. The minimum Gasteiger partial charge on any atom is -0.312 e. The quantitative estimate of drug-likeness (QED) is 0.770. The fraction of sp³-hybridized carbons (Fsp3) is 0.263. The van der Waals surface area contributed by atoms with Crippen molar-refractivity contribution in [1.29, 1.82) is 5.26 Å². The first-order valence-corrected chi connectivity index (χ1v) is 9.32. The van der Waals surface area contributed by atoms with Gasteiger partial charge in [0, 0.05) is 11.1 Å². The summed E-state index contributed by atoms with van der Waals surface area (Å²) in [4.78, 5) is 18.3. The predicted octanol–water partition coefficient (Wildman–Crippen LogP) is 3.64. The molecule has 0 saturated heterocycles. The van der Waals surface area contributed by atoms with Gasteiger partial charge in [-0.3, -0.25) is 4.79 Å². The van der Waals surface area contributed by atoms with Crippen LogP contribution in [0.2, 0.25) is 0 Å². The molecule has 0 unspecified atom stereocenters. The highest BCUT2D eigenvalue weighted by Crippen LogP contribution is 2.37. The molecular formula is C19H17N5OS. The smallest absolute Gasteiger partial charge is 0.259 e. The molecule has 0 saturated carbocycles. The molecule has 1 aliphatic carbocycles. The van der Waals surface area contributed by atoms with Crippen LogP contribution in [0.3, 0.4) is 0 Å². The number of carbonyl (C=O) groups excluding carboxylic acids is 1. The van der Waals surface area contributed by atoms with E-state index in [1.807, 2.05) is 25.1 Å². The van der Waals surface area contributed by atoms with Crippen LogP contribution in [0.5, 0.6) is 0 Å². The van der Waals surface area contributed by atoms with Crippen molar-refractivity contribution in [3.63, 3.8) is 0 Å². The van der Waals surface area contributed by atoms with Gasteiger partial charge in [0.05, 0.1) is 23.0 Å². The van der Waals surface area contributed by atoms with Gasteiger partial charge in [-0.05, 0) is 50.3 Å². The van der Waals surface area contributed by atoms with Crippen molar-refractivity contribution in [3.05, 3.63) is 57.9 Å². The zero-order chi connectivity index (χ0) is 18.1. The van der Waals surface area contributed by atoms with Crippen molar-refractivity contribution < 1.29 is 4.79 Å². The number of aromatic nitrogens is 3. The molecule has 1 N–H and O–H groups in total. The van der Waals surface area contributed by atoms with E-state index in [0.29, 0.717) is 27.6 Å². The van der Waals surface area contributed by atoms with Gasteiger partial charge >= 0.3 is 0 Å². The van der Waals surface area contributed by atoms with Crippen LogP contribution in [0, 0.1) is 18.3 Å². The van der Waals surface area contributed by atoms with Gasteiger partial charge < -0.3 is 5.32 Å². The molecule has 0 aromatic carbocycles. The molecule has 0 atom stereocenters. The molecular weight excluding hydrogens is 346 g/mol. The Morgan fingerprint density at radius 1 is 1.35 bits per heavy atom. The molecule has 4 rings (SSSR count). The van der Waals surface area contributed by atoms with Crippen LogP contribution in [0.1, 0.15) is 44.9 Å². The number of nitriles is 1. The topological polar surface area (TPSA) is 83.6 Å². The second-order valence-electron chi connectivity index (χ2n) is 6.22. The van der Waals surface area contributed by atoms with Gasteiger partial charge in [-0.1, -0.05) is 6.07 Å². The summed E-state index contributed by atoms with van der Waals surface area (Å²) in [6.45, 7) is 1.83. The summed E-state index contributed by atoms with van der Waals surface area (Å²) in [6, 6.07) is 7.81. The van der Waals surface area contributed by atoms with E-state index in [9.17, 15) is 10.1 Å². The Morgan fingerprint density at radius 3 is 2.96 bits per heavy atom. The summed E-state index contributed by atoms with van der Waals surface area (Å²) in [5.41, 5.74) is 2.92. The summed E-state index contributed by atoms with van der Waals surface area (Å²) in [5, 5.41) is 17.4. The minimum atomic E-state index is -0.250. The maximum atomic E-state index is 12.8. The Balaban J connectivity index is 1.63. The van der Waals surface area contributed by atoms with Gasteiger partial charge in [0.25, 0.3) is 5.91 Å². The first-order chi connectivity index (χ1) is 12.7. The number of nitrogens with one attached hydrogen (secondary N) is 1. The maximum absolute atomic E-state index is 12.8. The van der Waals surface area contributed by atoms with Crippen LogP contribution >= 0.6 is 11.3 Å². The standard InChI is InChI=1S/C19H17N5OS/c1-12-15(11-22-24(12)17-8-4-5-9-21-17)18(25)23-19-14(10-20)13-6-2-3-7-16(13)26-19/h4-5,8-9,11H,2-3,6-7H2,1H3,(H,23,25). The Morgan fingerprint density at radius 2 is 2.19 bits per heavy atom. The molecule has 1 amide bonds. The number of anilines is 1. The lowest BCUT2D eigenvalue weighted by Crippen LogP contribution is -2.13. The van der Waals surface area contributed by atoms with Gasteiger partial charge in [0.2, 0.25) is 0 Å². The number of hydrogen-bond donors (Lipinski definition) is 1. The Labute approximate surface area is 155 Å². The molecule has 3 aromatic heterocycles. The van der Waals surface area contributed by atoms with Crippen LogP contribution in [-0.4, -0.2) is 20.7 Å². The van der Waals surface area contributed by atoms with Crippen molar-refractivity contribution in [1.82, 2.24) is 14.8 Å². The average Bonchev–Trinajstić information content (AvgIpc) is 3.22. The Kier molecular flexibility index (Phi) is 4.27. The first-order valence-electron chi connectivity index (χ1n) is 8.51. The lowest BCUT2D eigenvalue weighted by atomic mass is 9.96. The lowest BCUT2D eigenvalue weighted by Gasteiger charge is -2.09. The van der Waals surface area contributed by atoms with E-state index in [-0.39, 0.29) is 5.91 Å². The summed E-state index contributed by atoms with van der Waals surface area (Å²) in [7, 11) is 0. The number of aryl methyl sites for hydroxylation is 1. The molecule has 3 aromatic rings. The fourth-order valence-electron chi connectivity index (χ4n) is 3.29. The van der Waals surface area contributed by atoms with E-state index in [1.54, 1.807) is 17.1 Å². The molecule has 26 heavy (non-hydrogen) atoms. The molecule has 0 bridgehead atoms. The molecule has 7 heteroatoms. The first kappa shape index (κ1) is 16.5. The molecule has 0 aliphatic heterocycles. The SMILES string of the molecule is Cc1c(C(=O)Nc2sc3c(c2C#N)CCCC3)cnn1-c1ccccn1. The highest BCUT2D eigenvalue weighted by molar-refractivity contribution is 7.16. The summed E-state index contributed by atoms with van der Waals surface area (Å²) >= 11 is 1.52. The number of hydrogen-bond acceptors (Lipinski definition) is 5. The van der Waals surface area contributed by atoms with E-state index in [0.717, 1.165) is 31.2 Å². The molecule has 1 aliphatic rings. The van der Waals surface area contributed by atoms with Crippen LogP contribution in [0.15, 0.2) is 30.6 Å². The fourth-order valence-corrected chi connectivity index (χ4v) is 4.52. The normalized spacial score (nSPS) is 13.1. The van der Waals surface area contributed by atoms with Crippen molar-refractivity contribution in [2.45, 2.75) is 32.6 Å². The van der Waals surface area contributed by atoms with Crippen molar-refractivity contribution in [2.75, 3.05) is 5.32 Å². The zero-order valence-corrected chi connectivity index (χ0v) is 15.1. The summed E-state index contributed by atoms with van der Waals surface area (Å²) in [6.07, 6.45) is 7.37. The van der Waals surface area contributed by atoms with Crippen molar-refractivity contribution >= 4 is 22.2 Å². The van der Waals surface area contributed by atoms with Gasteiger partial charge in [0.15, 0.2) is 5.82 Å². The largest absolute Gasteiger partial charge is 0.312 e. The van der Waals surface area contributed by atoms with Gasteiger partial charge in [-0.2, -0.15) is 10.4 Å². The van der Waals surface area contributed by atoms with Crippen LogP contribution in [0.4, 0.5) is 5.00 Å². The minimum absolute atomic E-state index is 0.250. The molecule has 3 heterocycles. The molecule has 0 spiro atoms. The average molecular weight is 363 g/mol. The number of fused-ring (bicyclic) bond motifs is 1. The van der Waals surface area contributed by atoms with E-state index in [4.69, 9.17) is 0 Å². The van der Waals surface area contributed by atoms with Crippen molar-refractivity contribution in [3.8, 4) is 11.9 Å². The third-order valence-electron chi connectivity index (χ3n) is 4.63. The van der Waals surface area contributed by atoms with E-state index in [2.05, 4.69) is 21.5 Å². The second-order valence-corrected chi connectivity index (χ2v) is 7.33. The predicted molar refractivity (Wildman–Crippen MR) is 99.7 cm³/mol. The van der Waals surface area contributed by atoms with Gasteiger partial charge in [-0.25, -0.2) is 9.67 Å². The van der Waals surface area contributed by atoms with Gasteiger partial charge in [-0.15, -0.1) is 11.3 Å². The molecule has 0 fully saturated rings. The zero-order valence-electron chi connectivity index (χ0n) is 14.3. The van der Waals surface area contributed by atoms with Gasteiger partial charge in [0.1, 0.15) is 11.1 Å². The van der Waals surface area contributed by atoms with Crippen LogP contribution in [0.25, 0.3) is 5.82 Å². The van der Waals surface area contributed by atoms with Crippen molar-refractivity contribution in [2.24, 2.45) is 0 Å².